The lowest BCUT2D eigenvalue weighted by molar-refractivity contribution is -0.125. The van der Waals surface area contributed by atoms with Gasteiger partial charge in [0, 0.05) is 18.4 Å². The van der Waals surface area contributed by atoms with Crippen molar-refractivity contribution >= 4 is 28.3 Å². The molecule has 1 heterocycles. The quantitative estimate of drug-likeness (QED) is 0.920. The molecule has 1 saturated heterocycles. The standard InChI is InChI=1S/C17H18N2O2/c1-2-14-17(21)19(11-10-16(20)18-14)15-9-5-7-12-6-3-4-8-13(12)15/h3-9,14H,2,10-11H2,1H3,(H,18,20). The zero-order valence-electron chi connectivity index (χ0n) is 12.0. The summed E-state index contributed by atoms with van der Waals surface area (Å²) in [7, 11) is 0. The van der Waals surface area contributed by atoms with Gasteiger partial charge in [-0.2, -0.15) is 0 Å². The fourth-order valence-electron chi connectivity index (χ4n) is 2.80. The molecular formula is C17H18N2O2. The van der Waals surface area contributed by atoms with Gasteiger partial charge in [-0.3, -0.25) is 9.59 Å². The number of anilines is 1. The maximum absolute atomic E-state index is 12.7. The Labute approximate surface area is 123 Å². The van der Waals surface area contributed by atoms with E-state index in [0.29, 0.717) is 19.4 Å². The first-order chi connectivity index (χ1) is 10.2. The van der Waals surface area contributed by atoms with E-state index < -0.39 is 6.04 Å². The highest BCUT2D eigenvalue weighted by atomic mass is 16.2. The number of nitrogens with one attached hydrogen (secondary N) is 1. The van der Waals surface area contributed by atoms with Gasteiger partial charge < -0.3 is 10.2 Å². The molecule has 1 unspecified atom stereocenters. The summed E-state index contributed by atoms with van der Waals surface area (Å²) < 4.78 is 0. The minimum Gasteiger partial charge on any atom is -0.344 e. The summed E-state index contributed by atoms with van der Waals surface area (Å²) in [6.07, 6.45) is 0.942. The second-order valence-electron chi connectivity index (χ2n) is 5.27. The number of nitrogens with zero attached hydrogens (tertiary/aromatic N) is 1. The monoisotopic (exact) mass is 282 g/mol. The molecular weight excluding hydrogens is 264 g/mol. The van der Waals surface area contributed by atoms with Crippen molar-refractivity contribution in [2.75, 3.05) is 11.4 Å². The molecule has 1 fully saturated rings. The molecule has 2 aromatic rings. The van der Waals surface area contributed by atoms with Gasteiger partial charge in [-0.05, 0) is 17.9 Å². The molecule has 2 aromatic carbocycles. The summed E-state index contributed by atoms with van der Waals surface area (Å²) in [4.78, 5) is 26.2. The van der Waals surface area contributed by atoms with Gasteiger partial charge in [-0.1, -0.05) is 43.3 Å². The van der Waals surface area contributed by atoms with Gasteiger partial charge in [0.2, 0.25) is 11.8 Å². The summed E-state index contributed by atoms with van der Waals surface area (Å²) >= 11 is 0. The number of carbonyl (C=O) groups is 2. The van der Waals surface area contributed by atoms with E-state index >= 15 is 0 Å². The first-order valence-corrected chi connectivity index (χ1v) is 7.29. The van der Waals surface area contributed by atoms with Crippen LogP contribution in [-0.4, -0.2) is 24.4 Å². The van der Waals surface area contributed by atoms with E-state index in [0.717, 1.165) is 16.5 Å². The molecule has 1 atom stereocenters. The average molecular weight is 282 g/mol. The van der Waals surface area contributed by atoms with Gasteiger partial charge in [0.1, 0.15) is 6.04 Å². The Hall–Kier alpha value is -2.36. The van der Waals surface area contributed by atoms with Crippen molar-refractivity contribution in [2.24, 2.45) is 0 Å². The summed E-state index contributed by atoms with van der Waals surface area (Å²) in [5.41, 5.74) is 0.882. The van der Waals surface area contributed by atoms with E-state index in [1.165, 1.54) is 0 Å². The Balaban J connectivity index is 2.08. The van der Waals surface area contributed by atoms with Gasteiger partial charge in [-0.15, -0.1) is 0 Å². The van der Waals surface area contributed by atoms with E-state index in [4.69, 9.17) is 0 Å². The third-order valence-corrected chi connectivity index (χ3v) is 3.93. The molecule has 108 valence electrons. The third-order valence-electron chi connectivity index (χ3n) is 3.93. The summed E-state index contributed by atoms with van der Waals surface area (Å²) in [5, 5.41) is 4.93. The van der Waals surface area contributed by atoms with Crippen LogP contribution < -0.4 is 10.2 Å². The molecule has 1 aliphatic rings. The minimum atomic E-state index is -0.432. The molecule has 0 aliphatic carbocycles. The van der Waals surface area contributed by atoms with Crippen molar-refractivity contribution in [2.45, 2.75) is 25.8 Å². The van der Waals surface area contributed by atoms with Crippen LogP contribution in [0, 0.1) is 0 Å². The lowest BCUT2D eigenvalue weighted by Gasteiger charge is -2.24. The molecule has 21 heavy (non-hydrogen) atoms. The van der Waals surface area contributed by atoms with Gasteiger partial charge >= 0.3 is 0 Å². The number of hydrogen-bond acceptors (Lipinski definition) is 2. The molecule has 3 rings (SSSR count). The molecule has 1 aliphatic heterocycles. The fraction of sp³-hybridized carbons (Fsp3) is 0.294. The largest absolute Gasteiger partial charge is 0.344 e. The second-order valence-corrected chi connectivity index (χ2v) is 5.27. The lowest BCUT2D eigenvalue weighted by Crippen LogP contribution is -2.44. The highest BCUT2D eigenvalue weighted by Gasteiger charge is 2.29. The highest BCUT2D eigenvalue weighted by molar-refractivity contribution is 6.07. The van der Waals surface area contributed by atoms with Crippen LogP contribution >= 0.6 is 0 Å². The maximum Gasteiger partial charge on any atom is 0.249 e. The van der Waals surface area contributed by atoms with Crippen molar-refractivity contribution in [3.05, 3.63) is 42.5 Å². The van der Waals surface area contributed by atoms with Crippen molar-refractivity contribution in [3.8, 4) is 0 Å². The summed E-state index contributed by atoms with van der Waals surface area (Å²) in [6.45, 7) is 2.34. The topological polar surface area (TPSA) is 49.4 Å². The SMILES string of the molecule is CCC1NC(=O)CCN(c2cccc3ccccc23)C1=O. The molecule has 2 amide bonds. The number of rotatable bonds is 2. The van der Waals surface area contributed by atoms with Crippen molar-refractivity contribution in [1.82, 2.24) is 5.32 Å². The van der Waals surface area contributed by atoms with Crippen molar-refractivity contribution < 1.29 is 9.59 Å². The van der Waals surface area contributed by atoms with E-state index in [1.807, 2.05) is 49.4 Å². The first kappa shape index (κ1) is 13.6. The zero-order valence-corrected chi connectivity index (χ0v) is 12.0. The Bertz CT molecular complexity index is 691. The summed E-state index contributed by atoms with van der Waals surface area (Å²) in [5.74, 6) is -0.0855. The van der Waals surface area contributed by atoms with Crippen molar-refractivity contribution in [1.29, 1.82) is 0 Å². The number of amides is 2. The van der Waals surface area contributed by atoms with Crippen LogP contribution in [0.2, 0.25) is 0 Å². The predicted octanol–water partition coefficient (Wildman–Crippen LogP) is 2.47. The highest BCUT2D eigenvalue weighted by Crippen LogP contribution is 2.28. The second kappa shape index (κ2) is 5.56. The number of benzene rings is 2. The Morgan fingerprint density at radius 3 is 2.71 bits per heavy atom. The number of fused-ring (bicyclic) bond motifs is 1. The van der Waals surface area contributed by atoms with Crippen LogP contribution in [0.5, 0.6) is 0 Å². The summed E-state index contributed by atoms with van der Waals surface area (Å²) in [6, 6.07) is 13.5. The normalized spacial score (nSPS) is 19.5. The molecule has 0 aromatic heterocycles. The smallest absolute Gasteiger partial charge is 0.249 e. The van der Waals surface area contributed by atoms with E-state index in [-0.39, 0.29) is 11.8 Å². The molecule has 1 N–H and O–H groups in total. The molecule has 4 heteroatoms. The van der Waals surface area contributed by atoms with Crippen LogP contribution in [0.3, 0.4) is 0 Å². The molecule has 0 saturated carbocycles. The predicted molar refractivity (Wildman–Crippen MR) is 83.1 cm³/mol. The number of hydrogen-bond donors (Lipinski definition) is 1. The third kappa shape index (κ3) is 2.49. The van der Waals surface area contributed by atoms with Gasteiger partial charge in [-0.25, -0.2) is 0 Å². The van der Waals surface area contributed by atoms with Crippen LogP contribution in [0.1, 0.15) is 19.8 Å². The van der Waals surface area contributed by atoms with Crippen LogP contribution in [0.15, 0.2) is 42.5 Å². The lowest BCUT2D eigenvalue weighted by atomic mass is 10.1. The van der Waals surface area contributed by atoms with Crippen molar-refractivity contribution in [3.63, 3.8) is 0 Å². The molecule has 0 bridgehead atoms. The van der Waals surface area contributed by atoms with Gasteiger partial charge in [0.15, 0.2) is 0 Å². The molecule has 4 nitrogen and oxygen atoms in total. The van der Waals surface area contributed by atoms with Crippen LogP contribution in [0.4, 0.5) is 5.69 Å². The Morgan fingerprint density at radius 1 is 1.14 bits per heavy atom. The fourth-order valence-corrected chi connectivity index (χ4v) is 2.80. The Kier molecular flexibility index (Phi) is 3.60. The first-order valence-electron chi connectivity index (χ1n) is 7.29. The van der Waals surface area contributed by atoms with Crippen LogP contribution in [-0.2, 0) is 9.59 Å². The van der Waals surface area contributed by atoms with E-state index in [2.05, 4.69) is 5.32 Å². The maximum atomic E-state index is 12.7. The van der Waals surface area contributed by atoms with Gasteiger partial charge in [0.05, 0.1) is 5.69 Å². The zero-order chi connectivity index (χ0) is 14.8. The van der Waals surface area contributed by atoms with Gasteiger partial charge in [0.25, 0.3) is 0 Å². The van der Waals surface area contributed by atoms with E-state index in [9.17, 15) is 9.59 Å². The number of carbonyl (C=O) groups excluding carboxylic acids is 2. The van der Waals surface area contributed by atoms with E-state index in [1.54, 1.807) is 4.90 Å². The van der Waals surface area contributed by atoms with Crippen LogP contribution in [0.25, 0.3) is 10.8 Å². The average Bonchev–Trinajstić information content (AvgIpc) is 2.66. The molecule has 0 spiro atoms. The molecule has 0 radical (unpaired) electrons. The Morgan fingerprint density at radius 2 is 1.90 bits per heavy atom. The minimum absolute atomic E-state index is 0.0281.